The maximum atomic E-state index is 12.4. The van der Waals surface area contributed by atoms with Crippen molar-refractivity contribution in [1.82, 2.24) is 0 Å². The molecule has 0 aliphatic rings. The molecule has 3 rings (SSSR count). The number of aryl methyl sites for hydroxylation is 2. The highest BCUT2D eigenvalue weighted by atomic mass is 16.5. The first-order valence-corrected chi connectivity index (χ1v) is 8.87. The van der Waals surface area contributed by atoms with Crippen molar-refractivity contribution in [2.24, 2.45) is 0 Å². The summed E-state index contributed by atoms with van der Waals surface area (Å²) in [5.41, 5.74) is 4.41. The van der Waals surface area contributed by atoms with E-state index in [0.717, 1.165) is 27.8 Å². The summed E-state index contributed by atoms with van der Waals surface area (Å²) in [6.07, 6.45) is 0.535. The molecular formula is C22H23NO4. The number of hydrogen-bond donors (Lipinski definition) is 1. The van der Waals surface area contributed by atoms with Crippen LogP contribution in [0.1, 0.15) is 28.7 Å². The first kappa shape index (κ1) is 18.7. The van der Waals surface area contributed by atoms with Gasteiger partial charge in [0.25, 0.3) is 0 Å². The summed E-state index contributed by atoms with van der Waals surface area (Å²) >= 11 is 0. The summed E-state index contributed by atoms with van der Waals surface area (Å²) in [7, 11) is 1.56. The fourth-order valence-electron chi connectivity index (χ4n) is 3.13. The molecular weight excluding hydrogens is 342 g/mol. The number of rotatable bonds is 5. The molecule has 0 spiro atoms. The van der Waals surface area contributed by atoms with Gasteiger partial charge in [-0.2, -0.15) is 0 Å². The Morgan fingerprint density at radius 1 is 1.11 bits per heavy atom. The molecule has 0 aliphatic heterocycles. The summed E-state index contributed by atoms with van der Waals surface area (Å²) < 4.78 is 10.6. The van der Waals surface area contributed by atoms with Gasteiger partial charge in [0.15, 0.2) is 0 Å². The average Bonchev–Trinajstić information content (AvgIpc) is 2.64. The molecule has 0 saturated carbocycles. The summed E-state index contributed by atoms with van der Waals surface area (Å²) in [5.74, 6) is 0.503. The van der Waals surface area contributed by atoms with E-state index >= 15 is 0 Å². The van der Waals surface area contributed by atoms with Crippen molar-refractivity contribution < 1.29 is 13.9 Å². The smallest absolute Gasteiger partial charge is 0.339 e. The number of anilines is 1. The standard InChI is InChI=1S/C22H23NO4/c1-13-6-5-7-19(14(13)2)23-21(24)11-10-18-15(3)17-9-8-16(26-4)12-20(17)27-22(18)25/h5-9,12H,10-11H2,1-4H3,(H,23,24). The molecule has 1 N–H and O–H groups in total. The van der Waals surface area contributed by atoms with Gasteiger partial charge >= 0.3 is 5.63 Å². The lowest BCUT2D eigenvalue weighted by Crippen LogP contribution is -2.17. The second-order valence-corrected chi connectivity index (χ2v) is 6.65. The van der Waals surface area contributed by atoms with Crippen molar-refractivity contribution in [3.63, 3.8) is 0 Å². The quantitative estimate of drug-likeness (QED) is 0.685. The molecule has 0 atom stereocenters. The Balaban J connectivity index is 1.79. The number of fused-ring (bicyclic) bond motifs is 1. The van der Waals surface area contributed by atoms with Gasteiger partial charge in [-0.1, -0.05) is 12.1 Å². The minimum absolute atomic E-state index is 0.127. The summed E-state index contributed by atoms with van der Waals surface area (Å²) in [6.45, 7) is 5.86. The van der Waals surface area contributed by atoms with Gasteiger partial charge in [0, 0.05) is 29.1 Å². The number of amides is 1. The first-order valence-electron chi connectivity index (χ1n) is 8.87. The van der Waals surface area contributed by atoms with Crippen LogP contribution in [-0.2, 0) is 11.2 Å². The van der Waals surface area contributed by atoms with E-state index in [4.69, 9.17) is 9.15 Å². The summed E-state index contributed by atoms with van der Waals surface area (Å²) in [4.78, 5) is 24.7. The van der Waals surface area contributed by atoms with E-state index in [1.54, 1.807) is 13.2 Å². The van der Waals surface area contributed by atoms with Crippen LogP contribution in [0.5, 0.6) is 5.75 Å². The molecule has 0 unspecified atom stereocenters. The van der Waals surface area contributed by atoms with Crippen molar-refractivity contribution in [1.29, 1.82) is 0 Å². The molecule has 0 bridgehead atoms. The van der Waals surface area contributed by atoms with E-state index in [2.05, 4.69) is 5.32 Å². The Labute approximate surface area is 158 Å². The van der Waals surface area contributed by atoms with Crippen LogP contribution < -0.4 is 15.7 Å². The maximum Gasteiger partial charge on any atom is 0.339 e. The maximum absolute atomic E-state index is 12.4. The second-order valence-electron chi connectivity index (χ2n) is 6.65. The van der Waals surface area contributed by atoms with Crippen molar-refractivity contribution >= 4 is 22.6 Å². The number of ether oxygens (including phenoxy) is 1. The highest BCUT2D eigenvalue weighted by molar-refractivity contribution is 5.92. The fourth-order valence-corrected chi connectivity index (χ4v) is 3.13. The molecule has 2 aromatic carbocycles. The molecule has 5 heteroatoms. The predicted molar refractivity (Wildman–Crippen MR) is 107 cm³/mol. The van der Waals surface area contributed by atoms with Crippen LogP contribution in [-0.4, -0.2) is 13.0 Å². The van der Waals surface area contributed by atoms with Crippen molar-refractivity contribution in [2.75, 3.05) is 12.4 Å². The predicted octanol–water partition coefficient (Wildman–Crippen LogP) is 4.30. The van der Waals surface area contributed by atoms with Crippen molar-refractivity contribution in [2.45, 2.75) is 33.6 Å². The number of carbonyl (C=O) groups is 1. The van der Waals surface area contributed by atoms with E-state index in [1.165, 1.54) is 0 Å². The second kappa shape index (κ2) is 7.66. The van der Waals surface area contributed by atoms with Crippen LogP contribution in [0.4, 0.5) is 5.69 Å². The third-order valence-electron chi connectivity index (χ3n) is 4.98. The van der Waals surface area contributed by atoms with Gasteiger partial charge in [0.2, 0.25) is 5.91 Å². The van der Waals surface area contributed by atoms with Crippen LogP contribution in [0.2, 0.25) is 0 Å². The molecule has 0 saturated heterocycles. The molecule has 1 heterocycles. The van der Waals surface area contributed by atoms with Gasteiger partial charge < -0.3 is 14.5 Å². The third kappa shape index (κ3) is 3.87. The van der Waals surface area contributed by atoms with Crippen LogP contribution >= 0.6 is 0 Å². The van der Waals surface area contributed by atoms with Gasteiger partial charge in [-0.05, 0) is 62.1 Å². The van der Waals surface area contributed by atoms with Crippen LogP contribution in [0.15, 0.2) is 45.6 Å². The van der Waals surface area contributed by atoms with Crippen LogP contribution in [0.3, 0.4) is 0 Å². The number of carbonyl (C=O) groups excluding carboxylic acids is 1. The SMILES string of the molecule is COc1ccc2c(C)c(CCC(=O)Nc3cccc(C)c3C)c(=O)oc2c1. The number of hydrogen-bond acceptors (Lipinski definition) is 4. The van der Waals surface area contributed by atoms with E-state index < -0.39 is 5.63 Å². The Bertz CT molecular complexity index is 1070. The molecule has 140 valence electrons. The molecule has 0 fully saturated rings. The number of nitrogens with one attached hydrogen (secondary N) is 1. The zero-order valence-corrected chi connectivity index (χ0v) is 16.0. The Morgan fingerprint density at radius 3 is 2.63 bits per heavy atom. The van der Waals surface area contributed by atoms with Gasteiger partial charge in [-0.3, -0.25) is 4.79 Å². The van der Waals surface area contributed by atoms with Crippen molar-refractivity contribution in [3.8, 4) is 5.75 Å². The molecule has 27 heavy (non-hydrogen) atoms. The van der Waals surface area contributed by atoms with Crippen LogP contribution in [0.25, 0.3) is 11.0 Å². The Hall–Kier alpha value is -3.08. The largest absolute Gasteiger partial charge is 0.497 e. The van der Waals surface area contributed by atoms with Gasteiger partial charge in [-0.25, -0.2) is 4.79 Å². The average molecular weight is 365 g/mol. The molecule has 5 nitrogen and oxygen atoms in total. The van der Waals surface area contributed by atoms with E-state index in [-0.39, 0.29) is 12.3 Å². The lowest BCUT2D eigenvalue weighted by Gasteiger charge is -2.11. The first-order chi connectivity index (χ1) is 12.9. The zero-order chi connectivity index (χ0) is 19.6. The van der Waals surface area contributed by atoms with E-state index in [0.29, 0.717) is 23.3 Å². The zero-order valence-electron chi connectivity index (χ0n) is 16.0. The molecule has 1 aromatic heterocycles. The minimum Gasteiger partial charge on any atom is -0.497 e. The topological polar surface area (TPSA) is 68.5 Å². The Morgan fingerprint density at radius 2 is 1.89 bits per heavy atom. The Kier molecular flexibility index (Phi) is 5.31. The fraction of sp³-hybridized carbons (Fsp3) is 0.273. The lowest BCUT2D eigenvalue weighted by molar-refractivity contribution is -0.116. The summed E-state index contributed by atoms with van der Waals surface area (Å²) in [6, 6.07) is 11.2. The monoisotopic (exact) mass is 365 g/mol. The number of benzene rings is 2. The molecule has 3 aromatic rings. The minimum atomic E-state index is -0.409. The van der Waals surface area contributed by atoms with Gasteiger partial charge in [0.1, 0.15) is 11.3 Å². The van der Waals surface area contributed by atoms with Gasteiger partial charge in [0.05, 0.1) is 7.11 Å². The highest BCUT2D eigenvalue weighted by Gasteiger charge is 2.14. The normalized spacial score (nSPS) is 10.8. The van der Waals surface area contributed by atoms with E-state index in [9.17, 15) is 9.59 Å². The highest BCUT2D eigenvalue weighted by Crippen LogP contribution is 2.24. The molecule has 0 aliphatic carbocycles. The molecule has 1 amide bonds. The van der Waals surface area contributed by atoms with Crippen molar-refractivity contribution in [3.05, 3.63) is 69.1 Å². The summed E-state index contributed by atoms with van der Waals surface area (Å²) in [5, 5.41) is 3.77. The number of methoxy groups -OCH3 is 1. The van der Waals surface area contributed by atoms with E-state index in [1.807, 2.05) is 51.1 Å². The molecule has 0 radical (unpaired) electrons. The third-order valence-corrected chi connectivity index (χ3v) is 4.98. The van der Waals surface area contributed by atoms with Crippen LogP contribution in [0, 0.1) is 20.8 Å². The lowest BCUT2D eigenvalue weighted by atomic mass is 10.0. The van der Waals surface area contributed by atoms with Gasteiger partial charge in [-0.15, -0.1) is 0 Å².